The molecule has 0 radical (unpaired) electrons. The van der Waals surface area contributed by atoms with Crippen LogP contribution < -0.4 is 10.1 Å². The zero-order valence-corrected chi connectivity index (χ0v) is 14.5. The number of carboxylic acids is 1. The maximum Gasteiger partial charge on any atom is 0.310 e. The third-order valence-electron chi connectivity index (χ3n) is 4.38. The Morgan fingerprint density at radius 3 is 2.52 bits per heavy atom. The van der Waals surface area contributed by atoms with Gasteiger partial charge in [-0.2, -0.15) is 0 Å². The molecule has 0 saturated carbocycles. The van der Waals surface area contributed by atoms with Crippen LogP contribution in [0.15, 0.2) is 18.2 Å². The van der Waals surface area contributed by atoms with E-state index in [0.29, 0.717) is 12.4 Å². The highest BCUT2D eigenvalue weighted by Crippen LogP contribution is 2.36. The molecule has 5 nitrogen and oxygen atoms in total. The summed E-state index contributed by atoms with van der Waals surface area (Å²) >= 11 is 0. The van der Waals surface area contributed by atoms with Crippen molar-refractivity contribution in [2.24, 2.45) is 5.41 Å². The van der Waals surface area contributed by atoms with E-state index in [9.17, 15) is 9.90 Å². The molecule has 0 spiro atoms. The standard InChI is InChI=1S/C18H27NO4/c1-17(2,3)11-6-7-12-14(8-11)23-9-13(15(12)20)19-10-18(4,5)16(21)22/h6-8,13,15,19-20H,9-10H2,1-5H3,(H,21,22)/t13-,15+/m0/s1. The Morgan fingerprint density at radius 1 is 1.30 bits per heavy atom. The maximum absolute atomic E-state index is 11.2. The van der Waals surface area contributed by atoms with E-state index in [-0.39, 0.29) is 18.0 Å². The SMILES string of the molecule is CC(C)(CN[C@H]1COc2cc(C(C)(C)C)ccc2[C@H]1O)C(=O)O. The molecule has 5 heteroatoms. The van der Waals surface area contributed by atoms with Gasteiger partial charge in [0.1, 0.15) is 18.5 Å². The molecule has 1 aliphatic rings. The number of aliphatic hydroxyl groups is 1. The molecule has 1 heterocycles. The zero-order chi connectivity index (χ0) is 17.4. The molecule has 0 bridgehead atoms. The number of fused-ring (bicyclic) bond motifs is 1. The minimum absolute atomic E-state index is 0.0178. The largest absolute Gasteiger partial charge is 0.491 e. The fraction of sp³-hybridized carbons (Fsp3) is 0.611. The summed E-state index contributed by atoms with van der Waals surface area (Å²) in [4.78, 5) is 11.2. The van der Waals surface area contributed by atoms with Crippen LogP contribution in [0, 0.1) is 5.41 Å². The Bertz CT molecular complexity index is 589. The number of aliphatic carboxylic acids is 1. The minimum Gasteiger partial charge on any atom is -0.491 e. The van der Waals surface area contributed by atoms with E-state index in [1.54, 1.807) is 13.8 Å². The molecule has 0 saturated heterocycles. The van der Waals surface area contributed by atoms with E-state index in [4.69, 9.17) is 9.84 Å². The van der Waals surface area contributed by atoms with Crippen molar-refractivity contribution in [1.82, 2.24) is 5.32 Å². The van der Waals surface area contributed by atoms with Crippen LogP contribution in [-0.4, -0.2) is 35.4 Å². The quantitative estimate of drug-likeness (QED) is 0.794. The van der Waals surface area contributed by atoms with Crippen LogP contribution in [0.3, 0.4) is 0 Å². The maximum atomic E-state index is 11.2. The summed E-state index contributed by atoms with van der Waals surface area (Å²) in [6.45, 7) is 10.3. The van der Waals surface area contributed by atoms with Gasteiger partial charge in [0.2, 0.25) is 0 Å². The first-order valence-corrected chi connectivity index (χ1v) is 7.94. The molecule has 3 N–H and O–H groups in total. The van der Waals surface area contributed by atoms with Crippen molar-refractivity contribution in [2.45, 2.75) is 52.2 Å². The molecule has 0 unspecified atom stereocenters. The lowest BCUT2D eigenvalue weighted by Gasteiger charge is -2.34. The Morgan fingerprint density at radius 2 is 1.96 bits per heavy atom. The second kappa shape index (κ2) is 6.13. The fourth-order valence-corrected chi connectivity index (χ4v) is 2.49. The monoisotopic (exact) mass is 321 g/mol. The molecule has 2 rings (SSSR count). The fourth-order valence-electron chi connectivity index (χ4n) is 2.49. The number of nitrogens with one attached hydrogen (secondary N) is 1. The van der Waals surface area contributed by atoms with Gasteiger partial charge in [-0.15, -0.1) is 0 Å². The molecule has 1 aliphatic heterocycles. The number of ether oxygens (including phenoxy) is 1. The summed E-state index contributed by atoms with van der Waals surface area (Å²) in [5.74, 6) is -0.160. The Kier molecular flexibility index (Phi) is 4.74. The first-order chi connectivity index (χ1) is 10.5. The second-order valence-electron chi connectivity index (χ2n) is 7.93. The molecule has 2 atom stereocenters. The van der Waals surface area contributed by atoms with Crippen LogP contribution in [0.4, 0.5) is 0 Å². The van der Waals surface area contributed by atoms with Crippen molar-refractivity contribution in [3.8, 4) is 5.75 Å². The number of hydrogen-bond acceptors (Lipinski definition) is 4. The number of rotatable bonds is 4. The number of carbonyl (C=O) groups is 1. The van der Waals surface area contributed by atoms with Gasteiger partial charge in [0.25, 0.3) is 0 Å². The molecule has 0 aromatic heterocycles. The number of hydrogen-bond donors (Lipinski definition) is 3. The summed E-state index contributed by atoms with van der Waals surface area (Å²) in [7, 11) is 0. The molecule has 23 heavy (non-hydrogen) atoms. The van der Waals surface area contributed by atoms with E-state index in [1.807, 2.05) is 18.2 Å². The van der Waals surface area contributed by atoms with E-state index in [2.05, 4.69) is 26.1 Å². The van der Waals surface area contributed by atoms with Crippen molar-refractivity contribution >= 4 is 5.97 Å². The minimum atomic E-state index is -0.893. The average Bonchev–Trinajstić information content (AvgIpc) is 2.45. The highest BCUT2D eigenvalue weighted by Gasteiger charge is 2.33. The van der Waals surface area contributed by atoms with Crippen molar-refractivity contribution in [1.29, 1.82) is 0 Å². The normalized spacial score (nSPS) is 21.5. The van der Waals surface area contributed by atoms with Crippen LogP contribution in [0.5, 0.6) is 5.75 Å². The molecular weight excluding hydrogens is 294 g/mol. The molecule has 0 fully saturated rings. The van der Waals surface area contributed by atoms with Crippen LogP contribution in [-0.2, 0) is 10.2 Å². The topological polar surface area (TPSA) is 78.8 Å². The molecule has 128 valence electrons. The Hall–Kier alpha value is -1.59. The van der Waals surface area contributed by atoms with E-state index in [1.165, 1.54) is 0 Å². The lowest BCUT2D eigenvalue weighted by molar-refractivity contribution is -0.146. The molecule has 1 aromatic rings. The first kappa shape index (κ1) is 17.8. The predicted molar refractivity (Wildman–Crippen MR) is 88.8 cm³/mol. The van der Waals surface area contributed by atoms with Crippen molar-refractivity contribution in [3.63, 3.8) is 0 Å². The van der Waals surface area contributed by atoms with E-state index in [0.717, 1.165) is 11.1 Å². The summed E-state index contributed by atoms with van der Waals surface area (Å²) in [6.07, 6.45) is -0.711. The molecule has 1 aromatic carbocycles. The van der Waals surface area contributed by atoms with Gasteiger partial charge in [-0.1, -0.05) is 32.9 Å². The summed E-state index contributed by atoms with van der Waals surface area (Å²) < 4.78 is 5.80. The smallest absolute Gasteiger partial charge is 0.310 e. The third kappa shape index (κ3) is 3.85. The van der Waals surface area contributed by atoms with Crippen molar-refractivity contribution < 1.29 is 19.7 Å². The molecule has 0 amide bonds. The summed E-state index contributed by atoms with van der Waals surface area (Å²) in [5, 5.41) is 22.9. The summed E-state index contributed by atoms with van der Waals surface area (Å²) in [5.41, 5.74) is 1.02. The van der Waals surface area contributed by atoms with Gasteiger partial charge in [0.15, 0.2) is 0 Å². The van der Waals surface area contributed by atoms with Gasteiger partial charge in [-0.05, 0) is 30.9 Å². The van der Waals surface area contributed by atoms with E-state index < -0.39 is 17.5 Å². The Labute approximate surface area is 137 Å². The third-order valence-corrected chi connectivity index (χ3v) is 4.38. The van der Waals surface area contributed by atoms with Gasteiger partial charge >= 0.3 is 5.97 Å². The lowest BCUT2D eigenvalue weighted by atomic mass is 9.85. The number of benzene rings is 1. The first-order valence-electron chi connectivity index (χ1n) is 7.94. The zero-order valence-electron chi connectivity index (χ0n) is 14.5. The number of carboxylic acid groups (broad SMARTS) is 1. The van der Waals surface area contributed by atoms with Crippen molar-refractivity contribution in [2.75, 3.05) is 13.2 Å². The Balaban J connectivity index is 2.12. The lowest BCUT2D eigenvalue weighted by Crippen LogP contribution is -2.47. The highest BCUT2D eigenvalue weighted by atomic mass is 16.5. The van der Waals surface area contributed by atoms with Crippen molar-refractivity contribution in [3.05, 3.63) is 29.3 Å². The summed E-state index contributed by atoms with van der Waals surface area (Å²) in [6, 6.07) is 5.57. The van der Waals surface area contributed by atoms with Crippen LogP contribution in [0.1, 0.15) is 51.8 Å². The van der Waals surface area contributed by atoms with Crippen LogP contribution >= 0.6 is 0 Å². The van der Waals surface area contributed by atoms with Gasteiger partial charge in [0.05, 0.1) is 11.5 Å². The van der Waals surface area contributed by atoms with E-state index >= 15 is 0 Å². The van der Waals surface area contributed by atoms with Crippen LogP contribution in [0.2, 0.25) is 0 Å². The average molecular weight is 321 g/mol. The van der Waals surface area contributed by atoms with Crippen LogP contribution in [0.25, 0.3) is 0 Å². The predicted octanol–water partition coefficient (Wildman–Crippen LogP) is 2.48. The van der Waals surface area contributed by atoms with Gasteiger partial charge < -0.3 is 20.3 Å². The highest BCUT2D eigenvalue weighted by molar-refractivity contribution is 5.73. The van der Waals surface area contributed by atoms with Gasteiger partial charge in [-0.25, -0.2) is 0 Å². The number of aliphatic hydroxyl groups excluding tert-OH is 1. The molecular formula is C18H27NO4. The second-order valence-corrected chi connectivity index (χ2v) is 7.93. The molecule has 0 aliphatic carbocycles. The van der Waals surface area contributed by atoms with Gasteiger partial charge in [-0.3, -0.25) is 4.79 Å². The van der Waals surface area contributed by atoms with Gasteiger partial charge in [0, 0.05) is 12.1 Å².